The zero-order valence-electron chi connectivity index (χ0n) is 21.7. The first-order valence-electron chi connectivity index (χ1n) is 13.7. The molecule has 0 aromatic heterocycles. The number of amides is 1. The standard InChI is InChI=1S/C31H40ClN3O2/c32-29-14-12-25(13-15-29)23-35-21-17-26(24-35)16-20-34(19-5-1-2-11-31(36)33-37)22-18-28-9-6-8-27-7-3-4-10-30(27)28/h3-4,6-10,12-15,26,37H,1-2,5,11,16-24H2,(H,33,36). The van der Waals surface area contributed by atoms with Gasteiger partial charge in [0.05, 0.1) is 0 Å². The molecule has 1 saturated heterocycles. The number of unbranched alkanes of at least 4 members (excludes halogenated alkanes) is 2. The van der Waals surface area contributed by atoms with E-state index in [0.29, 0.717) is 6.42 Å². The number of nitrogens with one attached hydrogen (secondary N) is 1. The van der Waals surface area contributed by atoms with Gasteiger partial charge in [-0.25, -0.2) is 5.48 Å². The molecule has 4 rings (SSSR count). The zero-order valence-corrected chi connectivity index (χ0v) is 22.5. The molecule has 1 aliphatic rings. The highest BCUT2D eigenvalue weighted by molar-refractivity contribution is 6.30. The van der Waals surface area contributed by atoms with Gasteiger partial charge in [0, 0.05) is 31.1 Å². The zero-order chi connectivity index (χ0) is 25.9. The largest absolute Gasteiger partial charge is 0.303 e. The van der Waals surface area contributed by atoms with Crippen LogP contribution in [0.2, 0.25) is 5.02 Å². The fraction of sp³-hybridized carbons (Fsp3) is 0.452. The Balaban J connectivity index is 1.28. The van der Waals surface area contributed by atoms with E-state index in [1.165, 1.54) is 34.7 Å². The number of hydroxylamine groups is 1. The summed E-state index contributed by atoms with van der Waals surface area (Å²) in [6.07, 6.45) is 6.80. The molecule has 0 spiro atoms. The number of halogens is 1. The number of carbonyl (C=O) groups is 1. The SMILES string of the molecule is O=C(CCCCCN(CCc1cccc2ccccc12)CCC1CCN(Cc2ccc(Cl)cc2)C1)NO. The number of benzene rings is 3. The lowest BCUT2D eigenvalue weighted by molar-refractivity contribution is -0.129. The second kappa shape index (κ2) is 14.5. The summed E-state index contributed by atoms with van der Waals surface area (Å²) in [6, 6.07) is 23.5. The molecule has 3 aromatic carbocycles. The van der Waals surface area contributed by atoms with E-state index in [2.05, 4.69) is 64.4 Å². The highest BCUT2D eigenvalue weighted by Crippen LogP contribution is 2.23. The number of likely N-dealkylation sites (tertiary alicyclic amines) is 1. The van der Waals surface area contributed by atoms with Crippen LogP contribution in [0.15, 0.2) is 66.7 Å². The molecule has 0 saturated carbocycles. The summed E-state index contributed by atoms with van der Waals surface area (Å²) in [4.78, 5) is 16.5. The number of hydrogen-bond acceptors (Lipinski definition) is 4. The molecule has 198 valence electrons. The van der Waals surface area contributed by atoms with Gasteiger partial charge in [0.1, 0.15) is 0 Å². The lowest BCUT2D eigenvalue weighted by Gasteiger charge is -2.24. The molecule has 3 aromatic rings. The van der Waals surface area contributed by atoms with Crippen molar-refractivity contribution in [3.63, 3.8) is 0 Å². The quantitative estimate of drug-likeness (QED) is 0.148. The van der Waals surface area contributed by atoms with Crippen LogP contribution in [0.5, 0.6) is 0 Å². The Morgan fingerprint density at radius 3 is 2.62 bits per heavy atom. The fourth-order valence-electron chi connectivity index (χ4n) is 5.48. The highest BCUT2D eigenvalue weighted by Gasteiger charge is 2.23. The number of hydrogen-bond donors (Lipinski definition) is 2. The minimum Gasteiger partial charge on any atom is -0.303 e. The van der Waals surface area contributed by atoms with Crippen LogP contribution in [-0.2, 0) is 17.8 Å². The van der Waals surface area contributed by atoms with Gasteiger partial charge < -0.3 is 4.90 Å². The van der Waals surface area contributed by atoms with Crippen LogP contribution in [0.1, 0.15) is 49.7 Å². The molecule has 2 N–H and O–H groups in total. The van der Waals surface area contributed by atoms with Gasteiger partial charge in [-0.3, -0.25) is 14.9 Å². The predicted molar refractivity (Wildman–Crippen MR) is 152 cm³/mol. The smallest absolute Gasteiger partial charge is 0.243 e. The molecule has 6 heteroatoms. The van der Waals surface area contributed by atoms with Crippen molar-refractivity contribution in [2.75, 3.05) is 32.7 Å². The van der Waals surface area contributed by atoms with Crippen LogP contribution in [0.4, 0.5) is 0 Å². The molecule has 0 aliphatic carbocycles. The van der Waals surface area contributed by atoms with Crippen LogP contribution >= 0.6 is 11.6 Å². The Morgan fingerprint density at radius 2 is 1.78 bits per heavy atom. The lowest BCUT2D eigenvalue weighted by atomic mass is 10.0. The van der Waals surface area contributed by atoms with Crippen molar-refractivity contribution in [3.8, 4) is 0 Å². The number of fused-ring (bicyclic) bond motifs is 1. The monoisotopic (exact) mass is 521 g/mol. The lowest BCUT2D eigenvalue weighted by Crippen LogP contribution is -2.30. The van der Waals surface area contributed by atoms with Crippen LogP contribution in [0, 0.1) is 5.92 Å². The van der Waals surface area contributed by atoms with E-state index in [9.17, 15) is 4.79 Å². The van der Waals surface area contributed by atoms with Gasteiger partial charge in [-0.15, -0.1) is 0 Å². The summed E-state index contributed by atoms with van der Waals surface area (Å²) < 4.78 is 0. The molecule has 5 nitrogen and oxygen atoms in total. The Labute approximate surface area is 226 Å². The molecule has 37 heavy (non-hydrogen) atoms. The first kappa shape index (κ1) is 27.6. The van der Waals surface area contributed by atoms with E-state index < -0.39 is 0 Å². The van der Waals surface area contributed by atoms with E-state index in [-0.39, 0.29) is 5.91 Å². The molecule has 1 aliphatic heterocycles. The maximum absolute atomic E-state index is 11.3. The first-order chi connectivity index (χ1) is 18.1. The van der Waals surface area contributed by atoms with Gasteiger partial charge in [-0.1, -0.05) is 72.6 Å². The molecular formula is C31H40ClN3O2. The number of carbonyl (C=O) groups excluding carboxylic acids is 1. The summed E-state index contributed by atoms with van der Waals surface area (Å²) in [7, 11) is 0. The van der Waals surface area contributed by atoms with Gasteiger partial charge in [-0.05, 0) is 91.7 Å². The molecule has 0 bridgehead atoms. The van der Waals surface area contributed by atoms with Gasteiger partial charge >= 0.3 is 0 Å². The van der Waals surface area contributed by atoms with Crippen molar-refractivity contribution in [1.82, 2.24) is 15.3 Å². The van der Waals surface area contributed by atoms with Crippen molar-refractivity contribution in [2.24, 2.45) is 5.92 Å². The second-order valence-electron chi connectivity index (χ2n) is 10.4. The Morgan fingerprint density at radius 1 is 0.973 bits per heavy atom. The normalized spacial score (nSPS) is 16.0. The third-order valence-corrected chi connectivity index (χ3v) is 7.88. The predicted octanol–water partition coefficient (Wildman–Crippen LogP) is 6.32. The third kappa shape index (κ3) is 8.82. The van der Waals surface area contributed by atoms with Gasteiger partial charge in [-0.2, -0.15) is 0 Å². The number of rotatable bonds is 14. The van der Waals surface area contributed by atoms with Crippen molar-refractivity contribution >= 4 is 28.3 Å². The first-order valence-corrected chi connectivity index (χ1v) is 14.1. The van der Waals surface area contributed by atoms with Crippen molar-refractivity contribution in [1.29, 1.82) is 0 Å². The van der Waals surface area contributed by atoms with E-state index in [0.717, 1.165) is 75.9 Å². The van der Waals surface area contributed by atoms with E-state index in [1.54, 1.807) is 5.48 Å². The number of nitrogens with zero attached hydrogens (tertiary/aromatic N) is 2. The van der Waals surface area contributed by atoms with Crippen LogP contribution in [0.3, 0.4) is 0 Å². The van der Waals surface area contributed by atoms with Crippen LogP contribution in [-0.4, -0.2) is 53.6 Å². The molecular weight excluding hydrogens is 482 g/mol. The maximum atomic E-state index is 11.3. The molecule has 1 atom stereocenters. The Kier molecular flexibility index (Phi) is 10.8. The topological polar surface area (TPSA) is 55.8 Å². The summed E-state index contributed by atoms with van der Waals surface area (Å²) in [5, 5.41) is 12.2. The van der Waals surface area contributed by atoms with Crippen molar-refractivity contribution in [2.45, 2.75) is 51.5 Å². The summed E-state index contributed by atoms with van der Waals surface area (Å²) in [6.45, 7) is 6.53. The Hall–Kier alpha value is -2.44. The van der Waals surface area contributed by atoms with E-state index >= 15 is 0 Å². The molecule has 1 amide bonds. The second-order valence-corrected chi connectivity index (χ2v) is 10.8. The summed E-state index contributed by atoms with van der Waals surface area (Å²) in [5.74, 6) is 0.442. The van der Waals surface area contributed by atoms with E-state index in [1.807, 2.05) is 12.1 Å². The minimum atomic E-state index is -0.294. The van der Waals surface area contributed by atoms with Gasteiger partial charge in [0.2, 0.25) is 5.91 Å². The highest BCUT2D eigenvalue weighted by atomic mass is 35.5. The summed E-state index contributed by atoms with van der Waals surface area (Å²) >= 11 is 6.04. The molecule has 1 fully saturated rings. The molecule has 0 radical (unpaired) electrons. The van der Waals surface area contributed by atoms with Gasteiger partial charge in [0.25, 0.3) is 0 Å². The van der Waals surface area contributed by atoms with E-state index in [4.69, 9.17) is 16.8 Å². The fourth-order valence-corrected chi connectivity index (χ4v) is 5.61. The van der Waals surface area contributed by atoms with Gasteiger partial charge in [0.15, 0.2) is 0 Å². The van der Waals surface area contributed by atoms with Crippen LogP contribution < -0.4 is 5.48 Å². The van der Waals surface area contributed by atoms with Crippen molar-refractivity contribution in [3.05, 3.63) is 82.9 Å². The summed E-state index contributed by atoms with van der Waals surface area (Å²) in [5.41, 5.74) is 4.48. The molecule has 1 heterocycles. The van der Waals surface area contributed by atoms with Crippen LogP contribution in [0.25, 0.3) is 10.8 Å². The van der Waals surface area contributed by atoms with Crippen molar-refractivity contribution < 1.29 is 10.0 Å². The Bertz CT molecular complexity index is 1120. The maximum Gasteiger partial charge on any atom is 0.243 e. The molecule has 1 unspecified atom stereocenters. The average Bonchev–Trinajstić information content (AvgIpc) is 3.37. The minimum absolute atomic E-state index is 0.294. The third-order valence-electron chi connectivity index (χ3n) is 7.62. The average molecular weight is 522 g/mol.